The van der Waals surface area contributed by atoms with E-state index in [4.69, 9.17) is 5.73 Å². The number of imidazole rings is 1. The average molecular weight is 232 g/mol. The van der Waals surface area contributed by atoms with Gasteiger partial charge in [-0.2, -0.15) is 0 Å². The third-order valence-electron chi connectivity index (χ3n) is 1.64. The maximum atomic E-state index is 5.55. The molecule has 1 aromatic heterocycles. The summed E-state index contributed by atoms with van der Waals surface area (Å²) in [5, 5.41) is 0. The summed E-state index contributed by atoms with van der Waals surface area (Å²) in [4.78, 5) is 7.38. The number of aromatic amines is 1. The van der Waals surface area contributed by atoms with E-state index in [1.165, 1.54) is 0 Å². The molecule has 12 heavy (non-hydrogen) atoms. The molecule has 0 spiro atoms. The lowest BCUT2D eigenvalue weighted by molar-refractivity contribution is 0.632. The van der Waals surface area contributed by atoms with E-state index in [0.29, 0.717) is 12.5 Å². The highest BCUT2D eigenvalue weighted by molar-refractivity contribution is 9.10. The lowest BCUT2D eigenvalue weighted by Gasteiger charge is -2.02. The van der Waals surface area contributed by atoms with Gasteiger partial charge in [0.1, 0.15) is 0 Å². The normalized spacial score (nSPS) is 11.1. The first kappa shape index (κ1) is 9.74. The predicted molar refractivity (Wildman–Crippen MR) is 52.7 cm³/mol. The number of halogens is 1. The Morgan fingerprint density at radius 1 is 1.58 bits per heavy atom. The van der Waals surface area contributed by atoms with Crippen LogP contribution in [0.2, 0.25) is 0 Å². The summed E-state index contributed by atoms with van der Waals surface area (Å²) in [6, 6.07) is 0. The van der Waals surface area contributed by atoms with Crippen molar-refractivity contribution in [1.29, 1.82) is 0 Å². The minimum absolute atomic E-state index is 0.528. The van der Waals surface area contributed by atoms with Gasteiger partial charge in [-0.3, -0.25) is 0 Å². The molecule has 68 valence electrons. The van der Waals surface area contributed by atoms with Gasteiger partial charge in [0.05, 0.1) is 11.4 Å². The van der Waals surface area contributed by atoms with E-state index in [0.717, 1.165) is 22.5 Å². The van der Waals surface area contributed by atoms with Crippen molar-refractivity contribution < 1.29 is 0 Å². The van der Waals surface area contributed by atoms with Crippen LogP contribution in [0.5, 0.6) is 0 Å². The van der Waals surface area contributed by atoms with Crippen molar-refractivity contribution in [3.8, 4) is 0 Å². The summed E-state index contributed by atoms with van der Waals surface area (Å²) in [6.45, 7) is 4.87. The molecule has 1 heterocycles. The smallest absolute Gasteiger partial charge is 0.174 e. The van der Waals surface area contributed by atoms with Crippen LogP contribution in [0.25, 0.3) is 0 Å². The molecule has 0 amide bonds. The highest BCUT2D eigenvalue weighted by atomic mass is 79.9. The number of hydrogen-bond acceptors (Lipinski definition) is 2. The Bertz CT molecular complexity index is 255. The zero-order chi connectivity index (χ0) is 9.14. The Morgan fingerprint density at radius 2 is 2.25 bits per heavy atom. The lowest BCUT2D eigenvalue weighted by atomic mass is 10.1. The summed E-state index contributed by atoms with van der Waals surface area (Å²) in [5.74, 6) is 0.616. The predicted octanol–water partition coefficient (Wildman–Crippen LogP) is 1.83. The van der Waals surface area contributed by atoms with Crippen LogP contribution in [-0.4, -0.2) is 9.97 Å². The van der Waals surface area contributed by atoms with E-state index in [2.05, 4.69) is 39.7 Å². The molecule has 0 aliphatic heterocycles. The molecule has 0 unspecified atom stereocenters. The Kier molecular flexibility index (Phi) is 3.29. The number of nitrogens with zero attached hydrogens (tertiary/aromatic N) is 1. The number of hydrogen-bond donors (Lipinski definition) is 2. The van der Waals surface area contributed by atoms with Gasteiger partial charge in [-0.15, -0.1) is 0 Å². The van der Waals surface area contributed by atoms with E-state index in [1.54, 1.807) is 0 Å². The Labute approximate surface area is 80.9 Å². The molecular weight excluding hydrogens is 218 g/mol. The van der Waals surface area contributed by atoms with Crippen LogP contribution in [0.3, 0.4) is 0 Å². The fourth-order valence-corrected chi connectivity index (χ4v) is 1.59. The molecule has 0 atom stereocenters. The number of H-pyrrole nitrogens is 1. The molecule has 0 aliphatic rings. The molecular formula is C8H14BrN3. The van der Waals surface area contributed by atoms with Crippen molar-refractivity contribution in [3.63, 3.8) is 0 Å². The van der Waals surface area contributed by atoms with Crippen molar-refractivity contribution in [2.75, 3.05) is 0 Å². The molecule has 0 saturated heterocycles. The van der Waals surface area contributed by atoms with E-state index < -0.39 is 0 Å². The third-order valence-corrected chi connectivity index (χ3v) is 2.02. The topological polar surface area (TPSA) is 54.7 Å². The van der Waals surface area contributed by atoms with Gasteiger partial charge in [0.2, 0.25) is 0 Å². The quantitative estimate of drug-likeness (QED) is 0.835. The molecule has 4 heteroatoms. The summed E-state index contributed by atoms with van der Waals surface area (Å²) in [6.07, 6.45) is 0.981. The molecule has 1 aromatic rings. The molecule has 0 bridgehead atoms. The Hall–Kier alpha value is -0.350. The van der Waals surface area contributed by atoms with Crippen LogP contribution in [0.15, 0.2) is 4.73 Å². The summed E-state index contributed by atoms with van der Waals surface area (Å²) < 4.78 is 0.776. The fraction of sp³-hybridized carbons (Fsp3) is 0.625. The molecule has 0 saturated carbocycles. The molecule has 3 nitrogen and oxygen atoms in total. The van der Waals surface area contributed by atoms with Crippen molar-refractivity contribution in [2.24, 2.45) is 11.7 Å². The van der Waals surface area contributed by atoms with Crippen LogP contribution in [0, 0.1) is 5.92 Å². The number of nitrogens with one attached hydrogen (secondary N) is 1. The van der Waals surface area contributed by atoms with Crippen molar-refractivity contribution in [3.05, 3.63) is 16.1 Å². The van der Waals surface area contributed by atoms with Crippen LogP contribution >= 0.6 is 15.9 Å². The van der Waals surface area contributed by atoms with Gasteiger partial charge >= 0.3 is 0 Å². The van der Waals surface area contributed by atoms with Gasteiger partial charge in [0.15, 0.2) is 4.73 Å². The number of nitrogens with two attached hydrogens (primary N) is 1. The largest absolute Gasteiger partial charge is 0.335 e. The first-order valence-corrected chi connectivity index (χ1v) is 4.86. The minimum Gasteiger partial charge on any atom is -0.335 e. The second kappa shape index (κ2) is 4.05. The zero-order valence-corrected chi connectivity index (χ0v) is 8.98. The molecule has 0 aromatic carbocycles. The standard InChI is InChI=1S/C8H14BrN3/c1-5(2)3-6-7(4-10)12-8(9)11-6/h5H,3-4,10H2,1-2H3,(H,11,12). The molecule has 1 rings (SSSR count). The van der Waals surface area contributed by atoms with Gasteiger partial charge in [-0.1, -0.05) is 13.8 Å². The second-order valence-corrected chi connectivity index (χ2v) is 4.01. The number of aromatic nitrogens is 2. The third kappa shape index (κ3) is 2.32. The lowest BCUT2D eigenvalue weighted by Crippen LogP contribution is -2.03. The van der Waals surface area contributed by atoms with Crippen LogP contribution in [-0.2, 0) is 13.0 Å². The van der Waals surface area contributed by atoms with Crippen molar-refractivity contribution >= 4 is 15.9 Å². The van der Waals surface area contributed by atoms with Gasteiger partial charge in [0, 0.05) is 6.54 Å². The van der Waals surface area contributed by atoms with Crippen LogP contribution < -0.4 is 5.73 Å². The summed E-state index contributed by atoms with van der Waals surface area (Å²) in [7, 11) is 0. The fourth-order valence-electron chi connectivity index (χ4n) is 1.13. The monoisotopic (exact) mass is 231 g/mol. The molecule has 0 aliphatic carbocycles. The highest BCUT2D eigenvalue weighted by Crippen LogP contribution is 2.14. The first-order valence-electron chi connectivity index (χ1n) is 4.06. The SMILES string of the molecule is CC(C)Cc1nc(Br)[nH]c1CN. The Balaban J connectivity index is 2.81. The number of rotatable bonds is 3. The highest BCUT2D eigenvalue weighted by Gasteiger charge is 2.08. The van der Waals surface area contributed by atoms with E-state index in [9.17, 15) is 0 Å². The van der Waals surface area contributed by atoms with Gasteiger partial charge in [0.25, 0.3) is 0 Å². The maximum Gasteiger partial charge on any atom is 0.174 e. The second-order valence-electron chi connectivity index (χ2n) is 3.25. The first-order chi connectivity index (χ1) is 5.63. The minimum atomic E-state index is 0.528. The summed E-state index contributed by atoms with van der Waals surface area (Å²) in [5.41, 5.74) is 7.67. The molecule has 0 fully saturated rings. The summed E-state index contributed by atoms with van der Waals surface area (Å²) >= 11 is 3.29. The van der Waals surface area contributed by atoms with Crippen molar-refractivity contribution in [1.82, 2.24) is 9.97 Å². The maximum absolute atomic E-state index is 5.55. The average Bonchev–Trinajstić information content (AvgIpc) is 2.29. The van der Waals surface area contributed by atoms with Gasteiger partial charge in [-0.05, 0) is 28.3 Å². The van der Waals surface area contributed by atoms with Gasteiger partial charge < -0.3 is 10.7 Å². The van der Waals surface area contributed by atoms with E-state index in [-0.39, 0.29) is 0 Å². The molecule has 3 N–H and O–H groups in total. The van der Waals surface area contributed by atoms with E-state index >= 15 is 0 Å². The van der Waals surface area contributed by atoms with Crippen LogP contribution in [0.4, 0.5) is 0 Å². The van der Waals surface area contributed by atoms with Gasteiger partial charge in [-0.25, -0.2) is 4.98 Å². The molecule has 0 radical (unpaired) electrons. The Morgan fingerprint density at radius 3 is 2.75 bits per heavy atom. The van der Waals surface area contributed by atoms with E-state index in [1.807, 2.05) is 0 Å². The zero-order valence-electron chi connectivity index (χ0n) is 7.39. The van der Waals surface area contributed by atoms with Crippen molar-refractivity contribution in [2.45, 2.75) is 26.8 Å². The van der Waals surface area contributed by atoms with Crippen LogP contribution in [0.1, 0.15) is 25.2 Å².